The molecule has 0 unspecified atom stereocenters. The minimum atomic E-state index is 0. The van der Waals surface area contributed by atoms with Crippen molar-refractivity contribution in [3.05, 3.63) is 29.3 Å². The molecule has 0 fully saturated rings. The fourth-order valence-corrected chi connectivity index (χ4v) is 0.611. The minimum absolute atomic E-state index is 0. The number of hydrogen-bond acceptors (Lipinski definition) is 1. The second-order valence-electron chi connectivity index (χ2n) is 1.52. The van der Waals surface area contributed by atoms with Gasteiger partial charge in [0.2, 0.25) is 0 Å². The van der Waals surface area contributed by atoms with E-state index >= 15 is 0 Å². The molecule has 0 saturated carbocycles. The van der Waals surface area contributed by atoms with E-state index in [0.29, 0.717) is 10.7 Å². The Labute approximate surface area is 79.4 Å². The standard InChI is InChI=1S/C6H6ClN.Pb/c7-5-3-1-2-4-6(5)8;/h1-4H,8H2;. The van der Waals surface area contributed by atoms with Gasteiger partial charge in [-0.15, -0.1) is 0 Å². The normalized spacial score (nSPS) is 8.11. The first kappa shape index (κ1) is 9.23. The van der Waals surface area contributed by atoms with Gasteiger partial charge in [-0.25, -0.2) is 0 Å². The van der Waals surface area contributed by atoms with Crippen molar-refractivity contribution in [2.45, 2.75) is 0 Å². The number of hydrogen-bond donors (Lipinski definition) is 1. The van der Waals surface area contributed by atoms with Crippen molar-refractivity contribution in [3.8, 4) is 0 Å². The van der Waals surface area contributed by atoms with Gasteiger partial charge in [0.1, 0.15) is 0 Å². The Bertz CT molecular complexity index is 169. The zero-order chi connectivity index (χ0) is 5.98. The maximum atomic E-state index is 5.58. The monoisotopic (exact) mass is 335 g/mol. The van der Waals surface area contributed by atoms with Crippen LogP contribution in [0.25, 0.3) is 0 Å². The van der Waals surface area contributed by atoms with E-state index in [1.165, 1.54) is 0 Å². The van der Waals surface area contributed by atoms with E-state index in [2.05, 4.69) is 0 Å². The van der Waals surface area contributed by atoms with E-state index < -0.39 is 0 Å². The van der Waals surface area contributed by atoms with E-state index in [9.17, 15) is 0 Å². The van der Waals surface area contributed by atoms with Crippen molar-refractivity contribution in [3.63, 3.8) is 0 Å². The summed E-state index contributed by atoms with van der Waals surface area (Å²) in [6.45, 7) is 0. The van der Waals surface area contributed by atoms with Gasteiger partial charge < -0.3 is 5.73 Å². The van der Waals surface area contributed by atoms with Crippen molar-refractivity contribution in [1.29, 1.82) is 0 Å². The molecule has 0 saturated heterocycles. The third kappa shape index (κ3) is 2.53. The first-order valence-corrected chi connectivity index (χ1v) is 2.68. The predicted octanol–water partition coefficient (Wildman–Crippen LogP) is 1.54. The van der Waals surface area contributed by atoms with Gasteiger partial charge in [-0.1, -0.05) is 23.7 Å². The maximum Gasteiger partial charge on any atom is 0.0635 e. The Hall–Kier alpha value is 0.232. The van der Waals surface area contributed by atoms with Crippen molar-refractivity contribution in [2.75, 3.05) is 5.73 Å². The third-order valence-corrected chi connectivity index (χ3v) is 1.25. The summed E-state index contributed by atoms with van der Waals surface area (Å²) in [5, 5.41) is 0.618. The number of nitrogens with two attached hydrogens (primary N) is 1. The molecule has 0 aliphatic carbocycles. The number of rotatable bonds is 0. The summed E-state index contributed by atoms with van der Waals surface area (Å²) in [5.41, 5.74) is 6.02. The van der Waals surface area contributed by atoms with Crippen LogP contribution in [0.5, 0.6) is 0 Å². The summed E-state index contributed by atoms with van der Waals surface area (Å²) in [7, 11) is 0. The summed E-state index contributed by atoms with van der Waals surface area (Å²) < 4.78 is 0. The fraction of sp³-hybridized carbons (Fsp3) is 0. The van der Waals surface area contributed by atoms with Gasteiger partial charge in [-0.3, -0.25) is 0 Å². The van der Waals surface area contributed by atoms with Crippen LogP contribution in [0, 0.1) is 0 Å². The van der Waals surface area contributed by atoms with Crippen LogP contribution in [-0.2, 0) is 0 Å². The zero-order valence-electron chi connectivity index (χ0n) is 4.76. The molecular formula is C6H6ClNPb. The molecule has 0 bridgehead atoms. The predicted molar refractivity (Wildman–Crippen MR) is 41.6 cm³/mol. The maximum absolute atomic E-state index is 5.58. The second kappa shape index (κ2) is 4.11. The number of para-hydroxylation sites is 1. The summed E-state index contributed by atoms with van der Waals surface area (Å²) >= 11 is 5.58. The molecule has 4 radical (unpaired) electrons. The molecule has 0 amide bonds. The van der Waals surface area contributed by atoms with Gasteiger partial charge in [0.25, 0.3) is 0 Å². The van der Waals surface area contributed by atoms with Crippen LogP contribution in [0.4, 0.5) is 5.69 Å². The van der Waals surface area contributed by atoms with Crippen LogP contribution >= 0.6 is 11.6 Å². The average Bonchev–Trinajstić information content (AvgIpc) is 1.77. The quantitative estimate of drug-likeness (QED) is 0.565. The smallest absolute Gasteiger partial charge is 0.0635 e. The minimum Gasteiger partial charge on any atom is -0.398 e. The van der Waals surface area contributed by atoms with Gasteiger partial charge in [0.05, 0.1) is 10.7 Å². The van der Waals surface area contributed by atoms with Gasteiger partial charge in [0.15, 0.2) is 0 Å². The Morgan fingerprint density at radius 1 is 1.22 bits per heavy atom. The number of halogens is 1. The molecule has 2 N–H and O–H groups in total. The topological polar surface area (TPSA) is 26.0 Å². The SMILES string of the molecule is Nc1ccccc1Cl.[Pb]. The number of benzene rings is 1. The second-order valence-corrected chi connectivity index (χ2v) is 1.93. The molecule has 0 heterocycles. The first-order valence-electron chi connectivity index (χ1n) is 2.31. The molecule has 9 heavy (non-hydrogen) atoms. The summed E-state index contributed by atoms with van der Waals surface area (Å²) in [6, 6.07) is 7.22. The van der Waals surface area contributed by atoms with Crippen LogP contribution < -0.4 is 5.73 Å². The third-order valence-electron chi connectivity index (χ3n) is 0.905. The molecule has 3 heteroatoms. The van der Waals surface area contributed by atoms with Gasteiger partial charge >= 0.3 is 0 Å². The zero-order valence-corrected chi connectivity index (χ0v) is 9.41. The van der Waals surface area contributed by atoms with Gasteiger partial charge in [0, 0.05) is 27.3 Å². The molecule has 1 aromatic carbocycles. The summed E-state index contributed by atoms with van der Waals surface area (Å²) in [6.07, 6.45) is 0. The first-order chi connectivity index (χ1) is 3.80. The number of nitrogen functional groups attached to an aromatic ring is 1. The Kier molecular flexibility index (Phi) is 4.22. The molecular weight excluding hydrogens is 329 g/mol. The van der Waals surface area contributed by atoms with E-state index in [1.54, 1.807) is 12.1 Å². The Morgan fingerprint density at radius 2 is 1.78 bits per heavy atom. The summed E-state index contributed by atoms with van der Waals surface area (Å²) in [4.78, 5) is 0. The van der Waals surface area contributed by atoms with E-state index in [4.69, 9.17) is 17.3 Å². The van der Waals surface area contributed by atoms with Crippen LogP contribution in [-0.4, -0.2) is 27.3 Å². The largest absolute Gasteiger partial charge is 0.398 e. The van der Waals surface area contributed by atoms with Crippen LogP contribution in [0.3, 0.4) is 0 Å². The van der Waals surface area contributed by atoms with Crippen LogP contribution in [0.15, 0.2) is 24.3 Å². The average molecular weight is 335 g/mol. The van der Waals surface area contributed by atoms with Crippen molar-refractivity contribution >= 4 is 44.6 Å². The van der Waals surface area contributed by atoms with Gasteiger partial charge in [-0.05, 0) is 12.1 Å². The molecule has 1 rings (SSSR count). The van der Waals surface area contributed by atoms with E-state index in [1.807, 2.05) is 12.1 Å². The van der Waals surface area contributed by atoms with Crippen molar-refractivity contribution in [1.82, 2.24) is 0 Å². The van der Waals surface area contributed by atoms with Crippen molar-refractivity contribution in [2.24, 2.45) is 0 Å². The Balaban J connectivity index is 0.000000640. The van der Waals surface area contributed by atoms with Crippen molar-refractivity contribution < 1.29 is 0 Å². The Morgan fingerprint density at radius 3 is 2.11 bits per heavy atom. The molecule has 0 atom stereocenters. The number of anilines is 1. The molecule has 1 aromatic rings. The molecule has 46 valence electrons. The van der Waals surface area contributed by atoms with E-state index in [0.717, 1.165) is 0 Å². The summed E-state index contributed by atoms with van der Waals surface area (Å²) in [5.74, 6) is 0. The fourth-order valence-electron chi connectivity index (χ4n) is 0.475. The van der Waals surface area contributed by atoms with Crippen LogP contribution in [0.1, 0.15) is 0 Å². The molecule has 0 aromatic heterocycles. The van der Waals surface area contributed by atoms with Crippen LogP contribution in [0.2, 0.25) is 5.02 Å². The van der Waals surface area contributed by atoms with E-state index in [-0.39, 0.29) is 27.3 Å². The molecule has 0 aliphatic rings. The molecule has 1 nitrogen and oxygen atoms in total. The molecule has 0 spiro atoms. The molecule has 0 aliphatic heterocycles. The van der Waals surface area contributed by atoms with Gasteiger partial charge in [-0.2, -0.15) is 0 Å².